The zero-order chi connectivity index (χ0) is 16.7. The monoisotopic (exact) mass is 343 g/mol. The van der Waals surface area contributed by atoms with Crippen molar-refractivity contribution in [3.8, 4) is 0 Å². The molecule has 1 aliphatic rings. The minimum Gasteiger partial charge on any atom is -0.339 e. The van der Waals surface area contributed by atoms with Crippen LogP contribution < -0.4 is 0 Å². The van der Waals surface area contributed by atoms with Gasteiger partial charge in [-0.3, -0.25) is 0 Å². The van der Waals surface area contributed by atoms with Gasteiger partial charge in [0.2, 0.25) is 5.89 Å². The second-order valence-corrected chi connectivity index (χ2v) is 6.73. The molecule has 1 atom stereocenters. The van der Waals surface area contributed by atoms with Crippen LogP contribution in [0.15, 0.2) is 22.7 Å². The molecule has 3 aromatic rings. The summed E-state index contributed by atoms with van der Waals surface area (Å²) in [4.78, 5) is 9.03. The minimum atomic E-state index is 0.200. The largest absolute Gasteiger partial charge is 0.339 e. The van der Waals surface area contributed by atoms with Crippen molar-refractivity contribution in [3.63, 3.8) is 0 Å². The molecule has 0 bridgehead atoms. The molecule has 7 heteroatoms. The van der Waals surface area contributed by atoms with Gasteiger partial charge in [0.25, 0.3) is 0 Å². The van der Waals surface area contributed by atoms with Crippen molar-refractivity contribution in [2.24, 2.45) is 0 Å². The van der Waals surface area contributed by atoms with Gasteiger partial charge in [0.05, 0.1) is 12.5 Å². The van der Waals surface area contributed by atoms with Gasteiger partial charge in [-0.2, -0.15) is 10.1 Å². The lowest BCUT2D eigenvalue weighted by molar-refractivity contribution is 0.306. The Kier molecular flexibility index (Phi) is 3.84. The second-order valence-electron chi connectivity index (χ2n) is 6.29. The summed E-state index contributed by atoms with van der Waals surface area (Å²) in [5.74, 6) is 3.45. The van der Waals surface area contributed by atoms with Gasteiger partial charge in [0.15, 0.2) is 5.82 Å². The Morgan fingerprint density at radius 3 is 3.00 bits per heavy atom. The number of nitrogens with zero attached hydrogens (tertiary/aromatic N) is 5. The van der Waals surface area contributed by atoms with Gasteiger partial charge in [-0.25, -0.2) is 9.67 Å². The smallest absolute Gasteiger partial charge is 0.231 e. The first-order chi connectivity index (χ1) is 11.6. The van der Waals surface area contributed by atoms with Gasteiger partial charge in [-0.1, -0.05) is 22.8 Å². The number of halogens is 1. The lowest BCUT2D eigenvalue weighted by atomic mass is 10.00. The topological polar surface area (TPSA) is 69.6 Å². The maximum Gasteiger partial charge on any atom is 0.231 e. The fourth-order valence-corrected chi connectivity index (χ4v) is 3.40. The minimum absolute atomic E-state index is 0.200. The summed E-state index contributed by atoms with van der Waals surface area (Å²) in [5.41, 5.74) is 2.29. The Labute approximate surface area is 144 Å². The van der Waals surface area contributed by atoms with Crippen molar-refractivity contribution in [2.75, 3.05) is 0 Å². The molecule has 6 nitrogen and oxygen atoms in total. The molecule has 0 amide bonds. The SMILES string of the molecule is Cc1nc2n(n1)CC(c1nc(Cc3ccc(Cl)cc3C)no1)CC2. The van der Waals surface area contributed by atoms with Crippen LogP contribution in [0, 0.1) is 13.8 Å². The lowest BCUT2D eigenvalue weighted by Gasteiger charge is -2.18. The molecule has 2 aromatic heterocycles. The molecule has 0 aliphatic carbocycles. The highest BCUT2D eigenvalue weighted by Crippen LogP contribution is 2.27. The third-order valence-corrected chi connectivity index (χ3v) is 4.69. The van der Waals surface area contributed by atoms with E-state index in [9.17, 15) is 0 Å². The molecule has 0 spiro atoms. The Morgan fingerprint density at radius 2 is 2.17 bits per heavy atom. The van der Waals surface area contributed by atoms with Crippen LogP contribution in [0.3, 0.4) is 0 Å². The van der Waals surface area contributed by atoms with E-state index in [1.165, 1.54) is 0 Å². The van der Waals surface area contributed by atoms with Crippen LogP contribution in [-0.4, -0.2) is 24.9 Å². The Balaban J connectivity index is 1.51. The molecule has 0 saturated carbocycles. The second kappa shape index (κ2) is 6.02. The average Bonchev–Trinajstić information content (AvgIpc) is 3.14. The molecule has 1 aliphatic heterocycles. The van der Waals surface area contributed by atoms with Crippen LogP contribution in [0.1, 0.15) is 46.8 Å². The zero-order valence-electron chi connectivity index (χ0n) is 13.7. The standard InChI is InChI=1S/C17H18ClN5O/c1-10-7-14(18)5-3-12(10)8-15-20-17(24-22-15)13-4-6-16-19-11(2)21-23(16)9-13/h3,5,7,13H,4,6,8-9H2,1-2H3. The highest BCUT2D eigenvalue weighted by molar-refractivity contribution is 6.30. The van der Waals surface area contributed by atoms with Gasteiger partial charge in [0, 0.05) is 17.9 Å². The molecule has 0 radical (unpaired) electrons. The van der Waals surface area contributed by atoms with Crippen molar-refractivity contribution in [3.05, 3.63) is 57.7 Å². The fourth-order valence-electron chi connectivity index (χ4n) is 3.17. The number of rotatable bonds is 3. The van der Waals surface area contributed by atoms with Gasteiger partial charge < -0.3 is 4.52 Å². The van der Waals surface area contributed by atoms with Gasteiger partial charge in [0.1, 0.15) is 11.6 Å². The van der Waals surface area contributed by atoms with Crippen LogP contribution in [-0.2, 0) is 19.4 Å². The van der Waals surface area contributed by atoms with Crippen LogP contribution >= 0.6 is 11.6 Å². The predicted octanol–water partition coefficient (Wildman–Crippen LogP) is 3.25. The molecule has 0 fully saturated rings. The first kappa shape index (κ1) is 15.3. The molecule has 0 N–H and O–H groups in total. The molecule has 124 valence electrons. The Morgan fingerprint density at radius 1 is 1.29 bits per heavy atom. The van der Waals surface area contributed by atoms with Gasteiger partial charge in [-0.05, 0) is 43.5 Å². The zero-order valence-corrected chi connectivity index (χ0v) is 14.4. The first-order valence-corrected chi connectivity index (χ1v) is 8.44. The van der Waals surface area contributed by atoms with E-state index in [0.29, 0.717) is 18.1 Å². The Hall–Kier alpha value is -2.21. The summed E-state index contributed by atoms with van der Waals surface area (Å²) in [6.45, 7) is 4.70. The number of benzene rings is 1. The fraction of sp³-hybridized carbons (Fsp3) is 0.412. The van der Waals surface area contributed by atoms with Gasteiger partial charge >= 0.3 is 0 Å². The van der Waals surface area contributed by atoms with Crippen LogP contribution in [0.2, 0.25) is 5.02 Å². The summed E-state index contributed by atoms with van der Waals surface area (Å²) in [6.07, 6.45) is 2.49. The third-order valence-electron chi connectivity index (χ3n) is 4.45. The Bertz CT molecular complexity index is 885. The number of fused-ring (bicyclic) bond motifs is 1. The van der Waals surface area contributed by atoms with Gasteiger partial charge in [-0.15, -0.1) is 0 Å². The molecule has 1 unspecified atom stereocenters. The van der Waals surface area contributed by atoms with E-state index in [1.807, 2.05) is 36.7 Å². The van der Waals surface area contributed by atoms with E-state index in [0.717, 1.165) is 47.2 Å². The molecular formula is C17H18ClN5O. The molecular weight excluding hydrogens is 326 g/mol. The van der Waals surface area contributed by atoms with E-state index in [2.05, 4.69) is 20.2 Å². The third kappa shape index (κ3) is 2.94. The number of hydrogen-bond acceptors (Lipinski definition) is 5. The molecule has 4 rings (SSSR count). The highest BCUT2D eigenvalue weighted by atomic mass is 35.5. The molecule has 0 saturated heterocycles. The van der Waals surface area contributed by atoms with Crippen molar-refractivity contribution in [1.29, 1.82) is 0 Å². The first-order valence-electron chi connectivity index (χ1n) is 8.06. The summed E-state index contributed by atoms with van der Waals surface area (Å²) in [5, 5.41) is 9.31. The van der Waals surface area contributed by atoms with E-state index in [4.69, 9.17) is 16.1 Å². The van der Waals surface area contributed by atoms with E-state index in [-0.39, 0.29) is 5.92 Å². The van der Waals surface area contributed by atoms with E-state index in [1.54, 1.807) is 0 Å². The normalized spacial score (nSPS) is 17.0. The average molecular weight is 344 g/mol. The maximum absolute atomic E-state index is 6.01. The summed E-state index contributed by atoms with van der Waals surface area (Å²) in [7, 11) is 0. The van der Waals surface area contributed by atoms with Crippen molar-refractivity contribution in [2.45, 2.75) is 45.6 Å². The summed E-state index contributed by atoms with van der Waals surface area (Å²) < 4.78 is 7.47. The van der Waals surface area contributed by atoms with Crippen LogP contribution in [0.5, 0.6) is 0 Å². The number of aromatic nitrogens is 5. The molecule has 24 heavy (non-hydrogen) atoms. The van der Waals surface area contributed by atoms with E-state index < -0.39 is 0 Å². The van der Waals surface area contributed by atoms with Crippen LogP contribution in [0.4, 0.5) is 0 Å². The quantitative estimate of drug-likeness (QED) is 0.730. The number of aryl methyl sites for hydroxylation is 3. The van der Waals surface area contributed by atoms with Crippen molar-refractivity contribution >= 4 is 11.6 Å². The van der Waals surface area contributed by atoms with Crippen molar-refractivity contribution in [1.82, 2.24) is 24.9 Å². The predicted molar refractivity (Wildman–Crippen MR) is 89.1 cm³/mol. The van der Waals surface area contributed by atoms with Crippen molar-refractivity contribution < 1.29 is 4.52 Å². The number of hydrogen-bond donors (Lipinski definition) is 0. The summed E-state index contributed by atoms with van der Waals surface area (Å²) >= 11 is 6.01. The molecule has 1 aromatic carbocycles. The van der Waals surface area contributed by atoms with E-state index >= 15 is 0 Å². The van der Waals surface area contributed by atoms with Crippen LogP contribution in [0.25, 0.3) is 0 Å². The highest BCUT2D eigenvalue weighted by Gasteiger charge is 2.26. The molecule has 3 heterocycles. The maximum atomic E-state index is 6.01. The summed E-state index contributed by atoms with van der Waals surface area (Å²) in [6, 6.07) is 5.85. The lowest BCUT2D eigenvalue weighted by Crippen LogP contribution is -2.20.